The summed E-state index contributed by atoms with van der Waals surface area (Å²) in [5, 5.41) is 10.9. The fourth-order valence-corrected chi connectivity index (χ4v) is 4.30. The van der Waals surface area contributed by atoms with Crippen molar-refractivity contribution < 1.29 is 0 Å². The highest BCUT2D eigenvalue weighted by atomic mass is 14.2. The summed E-state index contributed by atoms with van der Waals surface area (Å²) in [6.07, 6.45) is 3.03. The zero-order chi connectivity index (χ0) is 16.3. The molecule has 5 aromatic carbocycles. The molecule has 24 heavy (non-hydrogen) atoms. The van der Waals surface area contributed by atoms with Gasteiger partial charge in [-0.15, -0.1) is 0 Å². The van der Waals surface area contributed by atoms with Crippen LogP contribution in [0.25, 0.3) is 49.2 Å². The van der Waals surface area contributed by atoms with Gasteiger partial charge in [-0.25, -0.2) is 0 Å². The van der Waals surface area contributed by atoms with Gasteiger partial charge in [0.15, 0.2) is 0 Å². The minimum Gasteiger partial charge on any atom is -0.0984 e. The van der Waals surface area contributed by atoms with Crippen molar-refractivity contribution in [2.75, 3.05) is 0 Å². The lowest BCUT2D eigenvalue weighted by Crippen LogP contribution is -1.92. The Kier molecular flexibility index (Phi) is 2.72. The molecule has 0 radical (unpaired) electrons. The van der Waals surface area contributed by atoms with E-state index in [0.29, 0.717) is 0 Å². The van der Waals surface area contributed by atoms with Crippen LogP contribution in [0.5, 0.6) is 0 Å². The van der Waals surface area contributed by atoms with Crippen LogP contribution >= 0.6 is 0 Å². The first kappa shape index (κ1) is 13.6. The molecule has 5 rings (SSSR count). The molecule has 0 unspecified atom stereocenters. The SMILES string of the molecule is C=Cc1ccc2cccc3c4c(CC)ccc5cccc(c1c23)c54. The Balaban J connectivity index is 2.28. The largest absolute Gasteiger partial charge is 0.0984 e. The van der Waals surface area contributed by atoms with E-state index >= 15 is 0 Å². The molecule has 114 valence electrons. The molecule has 0 fully saturated rings. The normalized spacial score (nSPS) is 11.9. The Labute approximate surface area is 141 Å². The highest BCUT2D eigenvalue weighted by molar-refractivity contribution is 6.34. The molecule has 0 aliphatic rings. The molecule has 0 bridgehead atoms. The summed E-state index contributed by atoms with van der Waals surface area (Å²) in [6, 6.07) is 22.3. The fraction of sp³-hybridized carbons (Fsp3) is 0.0833. The molecule has 0 saturated heterocycles. The minimum atomic E-state index is 1.05. The maximum Gasteiger partial charge on any atom is -0.00202 e. The van der Waals surface area contributed by atoms with Gasteiger partial charge in [-0.1, -0.05) is 80.2 Å². The first-order chi connectivity index (χ1) is 11.8. The molecular weight excluding hydrogens is 288 g/mol. The van der Waals surface area contributed by atoms with Crippen molar-refractivity contribution in [2.45, 2.75) is 13.3 Å². The molecule has 5 aromatic rings. The first-order valence-electron chi connectivity index (χ1n) is 8.57. The summed E-state index contributed by atoms with van der Waals surface area (Å²) in [7, 11) is 0. The topological polar surface area (TPSA) is 0 Å². The second-order valence-corrected chi connectivity index (χ2v) is 6.49. The molecule has 0 nitrogen and oxygen atoms in total. The Morgan fingerprint density at radius 1 is 0.708 bits per heavy atom. The van der Waals surface area contributed by atoms with Gasteiger partial charge in [-0.05, 0) is 60.6 Å². The predicted octanol–water partition coefficient (Wildman–Crippen LogP) is 6.94. The minimum absolute atomic E-state index is 1.05. The number of aryl methyl sites for hydroxylation is 1. The van der Waals surface area contributed by atoms with Gasteiger partial charge in [-0.3, -0.25) is 0 Å². The maximum absolute atomic E-state index is 4.05. The van der Waals surface area contributed by atoms with E-state index in [1.165, 1.54) is 54.2 Å². The molecule has 0 spiro atoms. The second kappa shape index (κ2) is 4.82. The highest BCUT2D eigenvalue weighted by Crippen LogP contribution is 2.43. The molecular formula is C24H18. The number of fused-ring (bicyclic) bond motifs is 2. The van der Waals surface area contributed by atoms with Crippen LogP contribution in [0.3, 0.4) is 0 Å². The van der Waals surface area contributed by atoms with Crippen molar-refractivity contribution in [3.63, 3.8) is 0 Å². The standard InChI is InChI=1S/C24H18/c1-3-15-11-13-17-7-6-10-20-22-16(4-2)12-14-18-8-5-9-19(24(18)22)21(15)23(17)20/h3,5-14H,1,4H2,2H3. The van der Waals surface area contributed by atoms with Crippen molar-refractivity contribution in [2.24, 2.45) is 0 Å². The lowest BCUT2D eigenvalue weighted by Gasteiger charge is -2.18. The van der Waals surface area contributed by atoms with Gasteiger partial charge in [0.25, 0.3) is 0 Å². The van der Waals surface area contributed by atoms with Gasteiger partial charge >= 0.3 is 0 Å². The Morgan fingerprint density at radius 3 is 2.00 bits per heavy atom. The summed E-state index contributed by atoms with van der Waals surface area (Å²) < 4.78 is 0. The smallest absolute Gasteiger partial charge is 0.00202 e. The van der Waals surface area contributed by atoms with Crippen LogP contribution in [0, 0.1) is 0 Å². The van der Waals surface area contributed by atoms with Crippen molar-refractivity contribution in [3.8, 4) is 0 Å². The van der Waals surface area contributed by atoms with Gasteiger partial charge in [0.2, 0.25) is 0 Å². The zero-order valence-electron chi connectivity index (χ0n) is 13.8. The lowest BCUT2D eigenvalue weighted by atomic mass is 9.85. The first-order valence-corrected chi connectivity index (χ1v) is 8.57. The summed E-state index contributed by atoms with van der Waals surface area (Å²) in [6.45, 7) is 6.30. The third-order valence-corrected chi connectivity index (χ3v) is 5.35. The van der Waals surface area contributed by atoms with Crippen molar-refractivity contribution in [1.29, 1.82) is 0 Å². The van der Waals surface area contributed by atoms with Crippen LogP contribution < -0.4 is 0 Å². The van der Waals surface area contributed by atoms with Gasteiger partial charge < -0.3 is 0 Å². The monoisotopic (exact) mass is 306 g/mol. The Bertz CT molecular complexity index is 1240. The molecule has 0 aliphatic carbocycles. The average molecular weight is 306 g/mol. The fourth-order valence-electron chi connectivity index (χ4n) is 4.30. The lowest BCUT2D eigenvalue weighted by molar-refractivity contribution is 1.16. The van der Waals surface area contributed by atoms with Crippen LogP contribution in [0.1, 0.15) is 18.1 Å². The summed E-state index contributed by atoms with van der Waals surface area (Å²) in [4.78, 5) is 0. The van der Waals surface area contributed by atoms with Crippen LogP contribution in [0.2, 0.25) is 0 Å². The van der Waals surface area contributed by atoms with E-state index in [0.717, 1.165) is 6.42 Å². The third kappa shape index (κ3) is 1.58. The van der Waals surface area contributed by atoms with E-state index in [4.69, 9.17) is 0 Å². The van der Waals surface area contributed by atoms with Crippen molar-refractivity contribution in [1.82, 2.24) is 0 Å². The molecule has 0 aromatic heterocycles. The van der Waals surface area contributed by atoms with Crippen LogP contribution in [0.15, 0.2) is 67.2 Å². The molecule has 0 heteroatoms. The van der Waals surface area contributed by atoms with Crippen LogP contribution in [-0.4, -0.2) is 0 Å². The summed E-state index contributed by atoms with van der Waals surface area (Å²) in [5.74, 6) is 0. The molecule has 0 amide bonds. The van der Waals surface area contributed by atoms with E-state index in [1.54, 1.807) is 0 Å². The van der Waals surface area contributed by atoms with Crippen molar-refractivity contribution >= 4 is 49.2 Å². The molecule has 0 heterocycles. The van der Waals surface area contributed by atoms with E-state index in [9.17, 15) is 0 Å². The Morgan fingerprint density at radius 2 is 1.33 bits per heavy atom. The summed E-state index contributed by atoms with van der Waals surface area (Å²) >= 11 is 0. The third-order valence-electron chi connectivity index (χ3n) is 5.35. The zero-order valence-corrected chi connectivity index (χ0v) is 13.8. The second-order valence-electron chi connectivity index (χ2n) is 6.49. The molecule has 0 atom stereocenters. The van der Waals surface area contributed by atoms with Gasteiger partial charge in [-0.2, -0.15) is 0 Å². The summed E-state index contributed by atoms with van der Waals surface area (Å²) in [5.41, 5.74) is 2.65. The van der Waals surface area contributed by atoms with Gasteiger partial charge in [0, 0.05) is 0 Å². The van der Waals surface area contributed by atoms with E-state index < -0.39 is 0 Å². The highest BCUT2D eigenvalue weighted by Gasteiger charge is 2.16. The quantitative estimate of drug-likeness (QED) is 0.245. The Hall–Kier alpha value is -2.86. The number of benzene rings is 5. The van der Waals surface area contributed by atoms with E-state index in [1.807, 2.05) is 6.08 Å². The molecule has 0 N–H and O–H groups in total. The number of hydrogen-bond acceptors (Lipinski definition) is 0. The van der Waals surface area contributed by atoms with Gasteiger partial charge in [0.05, 0.1) is 0 Å². The van der Waals surface area contributed by atoms with Gasteiger partial charge in [0.1, 0.15) is 0 Å². The van der Waals surface area contributed by atoms with E-state index in [2.05, 4.69) is 74.2 Å². The number of rotatable bonds is 2. The maximum atomic E-state index is 4.05. The van der Waals surface area contributed by atoms with Crippen molar-refractivity contribution in [3.05, 3.63) is 78.4 Å². The van der Waals surface area contributed by atoms with E-state index in [-0.39, 0.29) is 0 Å². The van der Waals surface area contributed by atoms with Crippen LogP contribution in [0.4, 0.5) is 0 Å². The molecule has 0 saturated carbocycles. The average Bonchev–Trinajstić information content (AvgIpc) is 2.65. The molecule has 0 aliphatic heterocycles. The predicted molar refractivity (Wildman–Crippen MR) is 107 cm³/mol. The van der Waals surface area contributed by atoms with Crippen LogP contribution in [-0.2, 0) is 6.42 Å². The number of hydrogen-bond donors (Lipinski definition) is 0.